The molecule has 2 aliphatic rings. The molecule has 7 heteroatoms. The fraction of sp³-hybridized carbons (Fsp3) is 0.538. The Balaban J connectivity index is 1.69. The lowest BCUT2D eigenvalue weighted by atomic mass is 9.80. The van der Waals surface area contributed by atoms with E-state index in [1.807, 2.05) is 24.3 Å². The van der Waals surface area contributed by atoms with E-state index in [9.17, 15) is 10.2 Å². The summed E-state index contributed by atoms with van der Waals surface area (Å²) < 4.78 is 23.3. The van der Waals surface area contributed by atoms with Crippen molar-refractivity contribution in [3.05, 3.63) is 63.7 Å². The Kier molecular flexibility index (Phi) is 7.09. The fourth-order valence-electron chi connectivity index (χ4n) is 5.18. The van der Waals surface area contributed by atoms with Gasteiger partial charge in [-0.3, -0.25) is 0 Å². The zero-order valence-corrected chi connectivity index (χ0v) is 19.8. The standard InChI is InChI=1S/C26H35NO6/c1-5-16-11-22(27)20(24-25(32-4)23(31-3)12-19(33-24)14-30-2)10-18(16)8-15-6-7-17-13-26(28,29)21(17)9-15/h6-7,9-11,19,23-25,28-29H,5,8,12-14,27H2,1-4H3/t19-,23-,24-,25+/m0/s1. The summed E-state index contributed by atoms with van der Waals surface area (Å²) >= 11 is 0. The number of rotatable bonds is 8. The van der Waals surface area contributed by atoms with Crippen LogP contribution in [0.3, 0.4) is 0 Å². The number of hydrogen-bond acceptors (Lipinski definition) is 7. The quantitative estimate of drug-likeness (QED) is 0.414. The van der Waals surface area contributed by atoms with Gasteiger partial charge in [0.05, 0.1) is 18.8 Å². The predicted octanol–water partition coefficient (Wildman–Crippen LogP) is 2.62. The molecule has 0 unspecified atom stereocenters. The third-order valence-corrected chi connectivity index (χ3v) is 6.96. The molecule has 0 amide bonds. The highest BCUT2D eigenvalue weighted by molar-refractivity contribution is 5.55. The van der Waals surface area contributed by atoms with Crippen LogP contribution in [0, 0.1) is 0 Å². The van der Waals surface area contributed by atoms with Gasteiger partial charge in [0.15, 0.2) is 5.79 Å². The molecule has 0 bridgehead atoms. The lowest BCUT2D eigenvalue weighted by Crippen LogP contribution is -2.47. The van der Waals surface area contributed by atoms with Crippen molar-refractivity contribution in [1.82, 2.24) is 0 Å². The van der Waals surface area contributed by atoms with Crippen molar-refractivity contribution in [1.29, 1.82) is 0 Å². The second-order valence-corrected chi connectivity index (χ2v) is 9.11. The molecule has 1 aliphatic heterocycles. The van der Waals surface area contributed by atoms with Crippen LogP contribution < -0.4 is 5.73 Å². The first-order valence-electron chi connectivity index (χ1n) is 11.5. The number of hydrogen-bond donors (Lipinski definition) is 3. The monoisotopic (exact) mass is 457 g/mol. The Morgan fingerprint density at radius 3 is 2.52 bits per heavy atom. The van der Waals surface area contributed by atoms with E-state index in [4.69, 9.17) is 24.7 Å². The Morgan fingerprint density at radius 1 is 1.09 bits per heavy atom. The minimum Gasteiger partial charge on any atom is -0.398 e. The van der Waals surface area contributed by atoms with Crippen LogP contribution in [0.1, 0.15) is 52.8 Å². The Morgan fingerprint density at radius 2 is 1.88 bits per heavy atom. The van der Waals surface area contributed by atoms with Crippen LogP contribution in [-0.4, -0.2) is 56.5 Å². The maximum absolute atomic E-state index is 10.1. The SMILES string of the molecule is CCc1cc(N)c([C@@H]2O[C@H](COC)C[C@H](OC)[C@H]2OC)cc1Cc1ccc2c(c1)C(O)(O)C2. The summed E-state index contributed by atoms with van der Waals surface area (Å²) in [6.45, 7) is 2.57. The Hall–Kier alpha value is -2.00. The molecule has 0 saturated carbocycles. The number of aryl methyl sites for hydroxylation is 1. The van der Waals surface area contributed by atoms with E-state index in [1.54, 1.807) is 21.3 Å². The van der Waals surface area contributed by atoms with Crippen LogP contribution in [0.4, 0.5) is 5.69 Å². The number of nitrogen functional groups attached to an aromatic ring is 1. The van der Waals surface area contributed by atoms with Gasteiger partial charge in [-0.25, -0.2) is 0 Å². The number of anilines is 1. The van der Waals surface area contributed by atoms with Crippen LogP contribution >= 0.6 is 0 Å². The van der Waals surface area contributed by atoms with Crippen LogP contribution in [0.25, 0.3) is 0 Å². The molecular formula is C26H35NO6. The van der Waals surface area contributed by atoms with Gasteiger partial charge in [0.2, 0.25) is 0 Å². The number of fused-ring (bicyclic) bond motifs is 1. The molecule has 4 N–H and O–H groups in total. The second-order valence-electron chi connectivity index (χ2n) is 9.11. The highest BCUT2D eigenvalue weighted by Gasteiger charge is 2.41. The van der Waals surface area contributed by atoms with Gasteiger partial charge in [0.1, 0.15) is 12.2 Å². The number of benzene rings is 2. The molecule has 4 atom stereocenters. The summed E-state index contributed by atoms with van der Waals surface area (Å²) in [7, 11) is 5.01. The van der Waals surface area contributed by atoms with Crippen molar-refractivity contribution in [2.45, 2.75) is 62.8 Å². The molecule has 0 radical (unpaired) electrons. The second kappa shape index (κ2) is 9.70. The third kappa shape index (κ3) is 4.67. The predicted molar refractivity (Wildman–Crippen MR) is 125 cm³/mol. The third-order valence-electron chi connectivity index (χ3n) is 6.96. The van der Waals surface area contributed by atoms with Crippen molar-refractivity contribution >= 4 is 5.69 Å². The largest absolute Gasteiger partial charge is 0.398 e. The zero-order valence-electron chi connectivity index (χ0n) is 19.8. The molecule has 33 heavy (non-hydrogen) atoms. The number of nitrogens with two attached hydrogens (primary N) is 1. The van der Waals surface area contributed by atoms with E-state index < -0.39 is 11.9 Å². The average Bonchev–Trinajstić information content (AvgIpc) is 2.80. The molecule has 0 spiro atoms. The first-order chi connectivity index (χ1) is 15.8. The van der Waals surface area contributed by atoms with Gasteiger partial charge < -0.3 is 34.9 Å². The summed E-state index contributed by atoms with van der Waals surface area (Å²) in [5.74, 6) is -1.72. The fourth-order valence-corrected chi connectivity index (χ4v) is 5.18. The summed E-state index contributed by atoms with van der Waals surface area (Å²) in [5.41, 5.74) is 12.9. The molecule has 180 valence electrons. The van der Waals surface area contributed by atoms with E-state index in [-0.39, 0.29) is 24.7 Å². The molecule has 1 aliphatic carbocycles. The van der Waals surface area contributed by atoms with Crippen LogP contribution in [-0.2, 0) is 44.0 Å². The van der Waals surface area contributed by atoms with Gasteiger partial charge in [-0.05, 0) is 47.2 Å². The lowest BCUT2D eigenvalue weighted by molar-refractivity contribution is -0.197. The Bertz CT molecular complexity index is 991. The lowest BCUT2D eigenvalue weighted by Gasteiger charge is -2.41. The molecular weight excluding hydrogens is 422 g/mol. The van der Waals surface area contributed by atoms with Crippen molar-refractivity contribution in [2.24, 2.45) is 0 Å². The van der Waals surface area contributed by atoms with Crippen LogP contribution in [0.15, 0.2) is 30.3 Å². The highest BCUT2D eigenvalue weighted by atomic mass is 16.6. The van der Waals surface area contributed by atoms with E-state index >= 15 is 0 Å². The molecule has 4 rings (SSSR count). The van der Waals surface area contributed by atoms with Gasteiger partial charge in [0.25, 0.3) is 0 Å². The topological polar surface area (TPSA) is 103 Å². The smallest absolute Gasteiger partial charge is 0.194 e. The maximum Gasteiger partial charge on any atom is 0.194 e. The van der Waals surface area contributed by atoms with E-state index in [2.05, 4.69) is 13.0 Å². The minimum absolute atomic E-state index is 0.125. The van der Waals surface area contributed by atoms with Crippen molar-refractivity contribution in [3.8, 4) is 0 Å². The summed E-state index contributed by atoms with van der Waals surface area (Å²) in [5, 5.41) is 20.1. The number of aliphatic hydroxyl groups is 2. The summed E-state index contributed by atoms with van der Waals surface area (Å²) in [4.78, 5) is 0. The minimum atomic E-state index is -1.72. The van der Waals surface area contributed by atoms with Crippen LogP contribution in [0.2, 0.25) is 0 Å². The molecule has 1 fully saturated rings. The number of methoxy groups -OCH3 is 3. The first kappa shape index (κ1) is 24.1. The van der Waals surface area contributed by atoms with Crippen LogP contribution in [0.5, 0.6) is 0 Å². The molecule has 1 saturated heterocycles. The van der Waals surface area contributed by atoms with E-state index in [0.717, 1.165) is 34.2 Å². The van der Waals surface area contributed by atoms with Crippen molar-refractivity contribution in [3.63, 3.8) is 0 Å². The first-order valence-corrected chi connectivity index (χ1v) is 11.5. The molecule has 2 aromatic carbocycles. The normalized spacial score (nSPS) is 26.0. The molecule has 7 nitrogen and oxygen atoms in total. The van der Waals surface area contributed by atoms with Crippen molar-refractivity contribution < 1.29 is 29.2 Å². The molecule has 0 aromatic heterocycles. The zero-order chi connectivity index (χ0) is 23.8. The Labute approximate surface area is 195 Å². The van der Waals surface area contributed by atoms with Gasteiger partial charge in [-0.15, -0.1) is 0 Å². The van der Waals surface area contributed by atoms with E-state index in [1.165, 1.54) is 0 Å². The average molecular weight is 458 g/mol. The molecule has 2 aromatic rings. The van der Waals surface area contributed by atoms with Crippen molar-refractivity contribution in [2.75, 3.05) is 33.7 Å². The van der Waals surface area contributed by atoms with Gasteiger partial charge in [-0.1, -0.05) is 25.1 Å². The maximum atomic E-state index is 10.1. The summed E-state index contributed by atoms with van der Waals surface area (Å²) in [6.07, 6.45) is 1.48. The highest BCUT2D eigenvalue weighted by Crippen LogP contribution is 2.40. The molecule has 1 heterocycles. The summed E-state index contributed by atoms with van der Waals surface area (Å²) in [6, 6.07) is 10.0. The van der Waals surface area contributed by atoms with Gasteiger partial charge in [-0.2, -0.15) is 0 Å². The van der Waals surface area contributed by atoms with E-state index in [0.29, 0.717) is 30.7 Å². The van der Waals surface area contributed by atoms with Gasteiger partial charge in [0, 0.05) is 51.0 Å². The number of ether oxygens (including phenoxy) is 4. The van der Waals surface area contributed by atoms with Gasteiger partial charge >= 0.3 is 0 Å².